The standard InChI is InChI=1S/C16H25ClN2/c1-12(2)11-19(15-6-4-5-7-15)16-13(3)8-14(9-17)10-18-16/h8,10,12,15H,4-7,9,11H2,1-3H3. The molecule has 0 atom stereocenters. The first-order valence-electron chi connectivity index (χ1n) is 7.40. The van der Waals surface area contributed by atoms with Gasteiger partial charge in [0, 0.05) is 24.7 Å². The van der Waals surface area contributed by atoms with Crippen LogP contribution in [0.2, 0.25) is 0 Å². The Balaban J connectivity index is 2.26. The van der Waals surface area contributed by atoms with Crippen LogP contribution in [0.5, 0.6) is 0 Å². The minimum Gasteiger partial charge on any atom is -0.353 e. The molecule has 3 heteroatoms. The fourth-order valence-corrected chi connectivity index (χ4v) is 3.16. The van der Waals surface area contributed by atoms with Crippen molar-refractivity contribution in [3.8, 4) is 0 Å². The molecule has 1 aromatic heterocycles. The Kier molecular flexibility index (Phi) is 5.09. The lowest BCUT2D eigenvalue weighted by molar-refractivity contribution is 0.530. The predicted octanol–water partition coefficient (Wildman–Crippen LogP) is 4.53. The Bertz CT molecular complexity index is 411. The van der Waals surface area contributed by atoms with Gasteiger partial charge in [0.05, 0.1) is 0 Å². The van der Waals surface area contributed by atoms with E-state index in [9.17, 15) is 0 Å². The van der Waals surface area contributed by atoms with Crippen molar-refractivity contribution in [2.45, 2.75) is 58.4 Å². The number of halogens is 1. The Hall–Kier alpha value is -0.760. The van der Waals surface area contributed by atoms with Crippen molar-refractivity contribution >= 4 is 17.4 Å². The Morgan fingerprint density at radius 1 is 1.37 bits per heavy atom. The highest BCUT2D eigenvalue weighted by atomic mass is 35.5. The molecule has 0 N–H and O–H groups in total. The summed E-state index contributed by atoms with van der Waals surface area (Å²) in [4.78, 5) is 7.22. The van der Waals surface area contributed by atoms with Crippen LogP contribution in [0.4, 0.5) is 5.82 Å². The number of aryl methyl sites for hydroxylation is 1. The number of nitrogens with zero attached hydrogens (tertiary/aromatic N) is 2. The van der Waals surface area contributed by atoms with Gasteiger partial charge in [-0.05, 0) is 42.9 Å². The van der Waals surface area contributed by atoms with E-state index in [1.165, 1.54) is 31.2 Å². The third-order valence-corrected chi connectivity index (χ3v) is 4.17. The first-order valence-corrected chi connectivity index (χ1v) is 7.93. The van der Waals surface area contributed by atoms with Crippen molar-refractivity contribution in [1.82, 2.24) is 4.98 Å². The summed E-state index contributed by atoms with van der Waals surface area (Å²) in [6.07, 6.45) is 7.27. The van der Waals surface area contributed by atoms with E-state index in [0.29, 0.717) is 17.8 Å². The molecule has 0 amide bonds. The van der Waals surface area contributed by atoms with Crippen molar-refractivity contribution in [3.63, 3.8) is 0 Å². The third kappa shape index (κ3) is 3.62. The molecule has 106 valence electrons. The molecule has 2 rings (SSSR count). The summed E-state index contributed by atoms with van der Waals surface area (Å²) < 4.78 is 0. The first kappa shape index (κ1) is 14.6. The van der Waals surface area contributed by atoms with Gasteiger partial charge in [-0.15, -0.1) is 11.6 Å². The number of hydrogen-bond donors (Lipinski definition) is 0. The molecule has 0 unspecified atom stereocenters. The Morgan fingerprint density at radius 2 is 2.05 bits per heavy atom. The van der Waals surface area contributed by atoms with E-state index < -0.39 is 0 Å². The van der Waals surface area contributed by atoms with Gasteiger partial charge in [0.1, 0.15) is 5.82 Å². The maximum atomic E-state index is 5.89. The van der Waals surface area contributed by atoms with E-state index >= 15 is 0 Å². The van der Waals surface area contributed by atoms with Gasteiger partial charge in [-0.25, -0.2) is 4.98 Å². The van der Waals surface area contributed by atoms with Gasteiger partial charge in [0.2, 0.25) is 0 Å². The average Bonchev–Trinajstić information content (AvgIpc) is 2.89. The zero-order valence-corrected chi connectivity index (χ0v) is 13.1. The fourth-order valence-electron chi connectivity index (χ4n) is 3.02. The molecule has 1 aliphatic rings. The van der Waals surface area contributed by atoms with Gasteiger partial charge in [0.25, 0.3) is 0 Å². The van der Waals surface area contributed by atoms with Gasteiger partial charge < -0.3 is 4.90 Å². The number of hydrogen-bond acceptors (Lipinski definition) is 2. The summed E-state index contributed by atoms with van der Waals surface area (Å²) in [5.74, 6) is 2.37. The summed E-state index contributed by atoms with van der Waals surface area (Å²) in [5, 5.41) is 0. The molecule has 0 spiro atoms. The second-order valence-electron chi connectivity index (χ2n) is 6.10. The van der Waals surface area contributed by atoms with Crippen molar-refractivity contribution in [1.29, 1.82) is 0 Å². The Labute approximate surface area is 122 Å². The SMILES string of the molecule is Cc1cc(CCl)cnc1N(CC(C)C)C1CCCC1. The minimum absolute atomic E-state index is 0.543. The van der Waals surface area contributed by atoms with Crippen molar-refractivity contribution in [3.05, 3.63) is 23.4 Å². The van der Waals surface area contributed by atoms with Crippen LogP contribution in [0.15, 0.2) is 12.3 Å². The van der Waals surface area contributed by atoms with E-state index in [4.69, 9.17) is 11.6 Å². The van der Waals surface area contributed by atoms with Gasteiger partial charge in [-0.2, -0.15) is 0 Å². The van der Waals surface area contributed by atoms with E-state index in [2.05, 4.69) is 36.7 Å². The summed E-state index contributed by atoms with van der Waals surface area (Å²) in [6, 6.07) is 2.85. The maximum Gasteiger partial charge on any atom is 0.131 e. The molecule has 0 saturated heterocycles. The number of rotatable bonds is 5. The molecule has 1 fully saturated rings. The fraction of sp³-hybridized carbons (Fsp3) is 0.688. The molecule has 19 heavy (non-hydrogen) atoms. The largest absolute Gasteiger partial charge is 0.353 e. The highest BCUT2D eigenvalue weighted by molar-refractivity contribution is 6.17. The normalized spacial score (nSPS) is 16.3. The van der Waals surface area contributed by atoms with Crippen LogP contribution in [0.25, 0.3) is 0 Å². The molecule has 1 heterocycles. The summed E-state index contributed by atoms with van der Waals surface area (Å²) in [6.45, 7) is 7.81. The molecular formula is C16H25ClN2. The topological polar surface area (TPSA) is 16.1 Å². The molecule has 1 aromatic rings. The zero-order valence-electron chi connectivity index (χ0n) is 12.3. The lowest BCUT2D eigenvalue weighted by Crippen LogP contribution is -2.37. The van der Waals surface area contributed by atoms with Crippen LogP contribution < -0.4 is 4.90 Å². The molecule has 1 saturated carbocycles. The molecule has 0 bridgehead atoms. The highest BCUT2D eigenvalue weighted by Gasteiger charge is 2.25. The van der Waals surface area contributed by atoms with E-state index in [0.717, 1.165) is 17.9 Å². The quantitative estimate of drug-likeness (QED) is 0.737. The van der Waals surface area contributed by atoms with E-state index in [-0.39, 0.29) is 0 Å². The lowest BCUT2D eigenvalue weighted by Gasteiger charge is -2.33. The third-order valence-electron chi connectivity index (χ3n) is 3.86. The first-order chi connectivity index (χ1) is 9.11. The number of alkyl halides is 1. The van der Waals surface area contributed by atoms with Crippen LogP contribution in [-0.4, -0.2) is 17.6 Å². The lowest BCUT2D eigenvalue weighted by atomic mass is 10.1. The van der Waals surface area contributed by atoms with Gasteiger partial charge in [0.15, 0.2) is 0 Å². The van der Waals surface area contributed by atoms with Gasteiger partial charge in [-0.3, -0.25) is 0 Å². The number of anilines is 1. The van der Waals surface area contributed by atoms with Crippen LogP contribution >= 0.6 is 11.6 Å². The smallest absolute Gasteiger partial charge is 0.131 e. The summed E-state index contributed by atoms with van der Waals surface area (Å²) in [5.41, 5.74) is 2.37. The molecular weight excluding hydrogens is 256 g/mol. The number of aromatic nitrogens is 1. The highest BCUT2D eigenvalue weighted by Crippen LogP contribution is 2.30. The molecule has 0 radical (unpaired) electrons. The monoisotopic (exact) mass is 280 g/mol. The molecule has 0 aromatic carbocycles. The predicted molar refractivity (Wildman–Crippen MR) is 83.0 cm³/mol. The minimum atomic E-state index is 0.543. The van der Waals surface area contributed by atoms with Crippen molar-refractivity contribution in [2.24, 2.45) is 5.92 Å². The molecule has 1 aliphatic carbocycles. The molecule has 2 nitrogen and oxygen atoms in total. The van der Waals surface area contributed by atoms with E-state index in [1.807, 2.05) is 6.20 Å². The van der Waals surface area contributed by atoms with Crippen molar-refractivity contribution < 1.29 is 0 Å². The summed E-state index contributed by atoms with van der Waals surface area (Å²) in [7, 11) is 0. The van der Waals surface area contributed by atoms with Crippen LogP contribution in [-0.2, 0) is 5.88 Å². The summed E-state index contributed by atoms with van der Waals surface area (Å²) >= 11 is 5.89. The van der Waals surface area contributed by atoms with Crippen LogP contribution in [0.3, 0.4) is 0 Å². The number of pyridine rings is 1. The van der Waals surface area contributed by atoms with Gasteiger partial charge in [-0.1, -0.05) is 26.7 Å². The van der Waals surface area contributed by atoms with Crippen LogP contribution in [0, 0.1) is 12.8 Å². The Morgan fingerprint density at radius 3 is 2.58 bits per heavy atom. The van der Waals surface area contributed by atoms with E-state index in [1.54, 1.807) is 0 Å². The maximum absolute atomic E-state index is 5.89. The average molecular weight is 281 g/mol. The zero-order chi connectivity index (χ0) is 13.8. The second-order valence-corrected chi connectivity index (χ2v) is 6.37. The second kappa shape index (κ2) is 6.60. The van der Waals surface area contributed by atoms with Crippen LogP contribution in [0.1, 0.15) is 50.7 Å². The molecule has 0 aliphatic heterocycles. The van der Waals surface area contributed by atoms with Crippen molar-refractivity contribution in [2.75, 3.05) is 11.4 Å². The van der Waals surface area contributed by atoms with Gasteiger partial charge >= 0.3 is 0 Å².